The summed E-state index contributed by atoms with van der Waals surface area (Å²) in [6.45, 7) is 1.23. The van der Waals surface area contributed by atoms with E-state index in [9.17, 15) is 23.5 Å². The number of amides is 1. The third kappa shape index (κ3) is 3.57. The first-order chi connectivity index (χ1) is 14.7. The Morgan fingerprint density at radius 3 is 2.35 bits per heavy atom. The lowest BCUT2D eigenvalue weighted by molar-refractivity contribution is -0.157. The minimum atomic E-state index is -2.08. The van der Waals surface area contributed by atoms with Crippen LogP contribution in [0.2, 0.25) is 0 Å². The number of carboxylic acids is 1. The van der Waals surface area contributed by atoms with Gasteiger partial charge in [0.15, 0.2) is 11.4 Å². The van der Waals surface area contributed by atoms with Gasteiger partial charge in [-0.1, -0.05) is 18.2 Å². The zero-order valence-electron chi connectivity index (χ0n) is 16.1. The quantitative estimate of drug-likeness (QED) is 0.494. The van der Waals surface area contributed by atoms with Crippen molar-refractivity contribution >= 4 is 23.4 Å². The summed E-state index contributed by atoms with van der Waals surface area (Å²) in [5.41, 5.74) is -1.52. The van der Waals surface area contributed by atoms with Crippen molar-refractivity contribution in [3.63, 3.8) is 0 Å². The number of aliphatic carboxylic acids is 1. The Morgan fingerprint density at radius 1 is 1.10 bits per heavy atom. The van der Waals surface area contributed by atoms with E-state index in [0.29, 0.717) is 5.69 Å². The number of nitrogens with zero attached hydrogens (tertiary/aromatic N) is 2. The molecule has 1 aromatic heterocycles. The molecule has 8 nitrogen and oxygen atoms in total. The van der Waals surface area contributed by atoms with Crippen LogP contribution in [0.1, 0.15) is 28.5 Å². The Morgan fingerprint density at radius 2 is 1.74 bits per heavy atom. The van der Waals surface area contributed by atoms with E-state index in [1.165, 1.54) is 30.3 Å². The van der Waals surface area contributed by atoms with Gasteiger partial charge in [0.05, 0.1) is 17.8 Å². The summed E-state index contributed by atoms with van der Waals surface area (Å²) in [5, 5.41) is 24.7. The predicted molar refractivity (Wildman–Crippen MR) is 105 cm³/mol. The van der Waals surface area contributed by atoms with Crippen LogP contribution in [0.25, 0.3) is 11.4 Å². The van der Waals surface area contributed by atoms with Gasteiger partial charge in [-0.15, -0.1) is 0 Å². The molecule has 1 atom stereocenters. The van der Waals surface area contributed by atoms with E-state index >= 15 is 0 Å². The second-order valence-electron chi connectivity index (χ2n) is 7.08. The van der Waals surface area contributed by atoms with E-state index in [4.69, 9.17) is 5.11 Å². The molecule has 0 unspecified atom stereocenters. The number of aliphatic hydroxyl groups is 1. The lowest BCUT2D eigenvalue weighted by Gasteiger charge is -2.19. The zero-order valence-corrected chi connectivity index (χ0v) is 16.1. The van der Waals surface area contributed by atoms with E-state index in [2.05, 4.69) is 20.6 Å². The Labute approximate surface area is 174 Å². The van der Waals surface area contributed by atoms with Gasteiger partial charge in [0.1, 0.15) is 23.0 Å². The molecule has 0 fully saturated rings. The van der Waals surface area contributed by atoms with Crippen LogP contribution in [0.3, 0.4) is 0 Å². The summed E-state index contributed by atoms with van der Waals surface area (Å²) < 4.78 is 28.5. The molecule has 0 saturated heterocycles. The lowest BCUT2D eigenvalue weighted by Crippen LogP contribution is -2.31. The largest absolute Gasteiger partial charge is 0.479 e. The third-order valence-corrected chi connectivity index (χ3v) is 4.94. The number of benzene rings is 2. The highest BCUT2D eigenvalue weighted by molar-refractivity contribution is 6.03. The van der Waals surface area contributed by atoms with Gasteiger partial charge in [-0.2, -0.15) is 0 Å². The Kier molecular flexibility index (Phi) is 4.86. The first kappa shape index (κ1) is 20.4. The van der Waals surface area contributed by atoms with E-state index in [-0.39, 0.29) is 35.0 Å². The Hall–Kier alpha value is -3.92. The lowest BCUT2D eigenvalue weighted by atomic mass is 9.96. The van der Waals surface area contributed by atoms with Crippen LogP contribution in [-0.2, 0) is 16.9 Å². The molecule has 2 heterocycles. The maximum Gasteiger partial charge on any atom is 0.340 e. The zero-order chi connectivity index (χ0) is 22.3. The van der Waals surface area contributed by atoms with Crippen molar-refractivity contribution in [2.24, 2.45) is 0 Å². The molecule has 0 spiro atoms. The third-order valence-electron chi connectivity index (χ3n) is 4.94. The second-order valence-corrected chi connectivity index (χ2v) is 7.08. The van der Waals surface area contributed by atoms with Gasteiger partial charge in [-0.05, 0) is 36.8 Å². The number of anilines is 2. The van der Waals surface area contributed by atoms with Gasteiger partial charge in [-0.25, -0.2) is 23.5 Å². The van der Waals surface area contributed by atoms with Gasteiger partial charge in [0.25, 0.3) is 5.91 Å². The molecule has 0 saturated carbocycles. The molecule has 10 heteroatoms. The van der Waals surface area contributed by atoms with Gasteiger partial charge in [-0.3, -0.25) is 4.79 Å². The van der Waals surface area contributed by atoms with Gasteiger partial charge in [0, 0.05) is 5.69 Å². The van der Waals surface area contributed by atoms with Crippen LogP contribution >= 0.6 is 0 Å². The van der Waals surface area contributed by atoms with Crippen molar-refractivity contribution in [3.05, 3.63) is 70.9 Å². The fourth-order valence-electron chi connectivity index (χ4n) is 3.18. The van der Waals surface area contributed by atoms with Crippen LogP contribution in [0.4, 0.5) is 20.3 Å². The van der Waals surface area contributed by atoms with Gasteiger partial charge >= 0.3 is 5.97 Å². The summed E-state index contributed by atoms with van der Waals surface area (Å²) in [6, 6.07) is 9.15. The molecule has 0 radical (unpaired) electrons. The van der Waals surface area contributed by atoms with Crippen molar-refractivity contribution < 1.29 is 28.6 Å². The number of carbonyl (C=O) groups is 2. The Balaban J connectivity index is 1.76. The van der Waals surface area contributed by atoms with Crippen molar-refractivity contribution in [2.75, 3.05) is 5.32 Å². The first-order valence-corrected chi connectivity index (χ1v) is 9.15. The molecule has 4 N–H and O–H groups in total. The number of carboxylic acid groups (broad SMARTS) is 1. The summed E-state index contributed by atoms with van der Waals surface area (Å²) in [7, 11) is 0. The smallest absolute Gasteiger partial charge is 0.340 e. The highest BCUT2D eigenvalue weighted by Gasteiger charge is 2.32. The van der Waals surface area contributed by atoms with Crippen LogP contribution in [0, 0.1) is 11.6 Å². The molecule has 2 aromatic carbocycles. The molecule has 158 valence electrons. The molecule has 1 aliphatic heterocycles. The average molecular weight is 426 g/mol. The molecule has 1 aliphatic rings. The second kappa shape index (κ2) is 7.40. The van der Waals surface area contributed by atoms with E-state index in [0.717, 1.165) is 19.1 Å². The fraction of sp³-hybridized carbons (Fsp3) is 0.143. The minimum absolute atomic E-state index is 0.0374. The first-order valence-electron chi connectivity index (χ1n) is 9.15. The maximum absolute atomic E-state index is 14.3. The van der Waals surface area contributed by atoms with Crippen molar-refractivity contribution in [1.82, 2.24) is 15.3 Å². The van der Waals surface area contributed by atoms with Crippen molar-refractivity contribution in [2.45, 2.75) is 19.1 Å². The summed E-state index contributed by atoms with van der Waals surface area (Å²) in [6.07, 6.45) is 0. The van der Waals surface area contributed by atoms with Gasteiger partial charge < -0.3 is 20.8 Å². The summed E-state index contributed by atoms with van der Waals surface area (Å²) in [5.74, 6) is -3.72. The number of halogens is 2. The fourth-order valence-corrected chi connectivity index (χ4v) is 3.18. The molecule has 3 aromatic rings. The highest BCUT2D eigenvalue weighted by atomic mass is 19.1. The number of carbonyl (C=O) groups excluding carboxylic acids is 1. The summed E-state index contributed by atoms with van der Waals surface area (Å²) >= 11 is 0. The number of hydrogen-bond donors (Lipinski definition) is 4. The number of aromatic nitrogens is 2. The molecular formula is C21H16F2N4O4. The molecule has 0 aliphatic carbocycles. The molecule has 0 bridgehead atoms. The van der Waals surface area contributed by atoms with Crippen molar-refractivity contribution in [3.8, 4) is 11.4 Å². The molecular weight excluding hydrogens is 410 g/mol. The van der Waals surface area contributed by atoms with Crippen LogP contribution in [0.15, 0.2) is 42.5 Å². The topological polar surface area (TPSA) is 124 Å². The van der Waals surface area contributed by atoms with E-state index in [1.54, 1.807) is 0 Å². The number of nitrogens with one attached hydrogen (secondary N) is 2. The highest BCUT2D eigenvalue weighted by Crippen LogP contribution is 2.31. The minimum Gasteiger partial charge on any atom is -0.479 e. The molecule has 1 amide bonds. The SMILES string of the molecule is C[C@@](O)(C(=O)O)c1ccc(Nc2nc(-c3c(F)cccc3F)nc3c2C(=O)NC3)cc1. The average Bonchev–Trinajstić information content (AvgIpc) is 3.09. The van der Waals surface area contributed by atoms with Crippen LogP contribution in [-0.4, -0.2) is 32.1 Å². The normalized spacial score (nSPS) is 14.5. The Bertz CT molecular complexity index is 1190. The molecule has 4 rings (SSSR count). The number of hydrogen-bond acceptors (Lipinski definition) is 6. The number of fused-ring (bicyclic) bond motifs is 1. The predicted octanol–water partition coefficient (Wildman–Crippen LogP) is 2.70. The maximum atomic E-state index is 14.3. The molecule has 31 heavy (non-hydrogen) atoms. The van der Waals surface area contributed by atoms with Crippen LogP contribution < -0.4 is 10.6 Å². The van der Waals surface area contributed by atoms with E-state index < -0.39 is 34.7 Å². The van der Waals surface area contributed by atoms with Gasteiger partial charge in [0.2, 0.25) is 0 Å². The van der Waals surface area contributed by atoms with Crippen LogP contribution in [0.5, 0.6) is 0 Å². The van der Waals surface area contributed by atoms with Crippen molar-refractivity contribution in [1.29, 1.82) is 0 Å². The monoisotopic (exact) mass is 426 g/mol. The number of rotatable bonds is 5. The van der Waals surface area contributed by atoms with E-state index in [1.807, 2.05) is 0 Å². The standard InChI is InChI=1S/C21H16F2N4O4/c1-21(31,20(29)30)10-5-7-11(8-6-10)25-18-16-14(9-24-19(16)28)26-17(27-18)15-12(22)3-2-4-13(15)23/h2-8,31H,9H2,1H3,(H,24,28)(H,29,30)(H,25,26,27)/t21-/m0/s1. The summed E-state index contributed by atoms with van der Waals surface area (Å²) in [4.78, 5) is 31.8.